The number of amides is 1. The molecule has 1 amide bonds. The normalized spacial score (nSPS) is 14.5. The van der Waals surface area contributed by atoms with Crippen LogP contribution < -0.4 is 5.32 Å². The molecule has 0 unspecified atom stereocenters. The Bertz CT molecular complexity index is 1650. The number of H-pyrrole nitrogens is 1. The fourth-order valence-corrected chi connectivity index (χ4v) is 5.73. The van der Waals surface area contributed by atoms with Gasteiger partial charge in [0, 0.05) is 77.9 Å². The number of nitrogens with one attached hydrogen (secondary N) is 2. The molecule has 9 heteroatoms. The van der Waals surface area contributed by atoms with Gasteiger partial charge in [-0.05, 0) is 36.9 Å². The zero-order valence-corrected chi connectivity index (χ0v) is 24.4. The number of hydrogen-bond acceptors (Lipinski definition) is 4. The Morgan fingerprint density at radius 3 is 2.44 bits per heavy atom. The molecule has 1 fully saturated rings. The molecule has 5 aromatic rings. The summed E-state index contributed by atoms with van der Waals surface area (Å²) in [5.41, 5.74) is 5.83. The van der Waals surface area contributed by atoms with Crippen molar-refractivity contribution >= 4 is 40.0 Å². The Balaban J connectivity index is 1.41. The average molecular weight is 588 g/mol. The van der Waals surface area contributed by atoms with Crippen LogP contribution in [0.1, 0.15) is 16.1 Å². The summed E-state index contributed by atoms with van der Waals surface area (Å²) in [6.45, 7) is 6.04. The number of aromatic nitrogens is 3. The lowest BCUT2D eigenvalue weighted by Crippen LogP contribution is -2.46. The summed E-state index contributed by atoms with van der Waals surface area (Å²) >= 11 is 12.5. The van der Waals surface area contributed by atoms with Crippen LogP contribution in [0.2, 0.25) is 10.0 Å². The van der Waals surface area contributed by atoms with Crippen LogP contribution in [-0.2, 0) is 6.54 Å². The van der Waals surface area contributed by atoms with Crippen LogP contribution in [0.4, 0.5) is 0 Å². The van der Waals surface area contributed by atoms with E-state index in [2.05, 4.69) is 31.7 Å². The van der Waals surface area contributed by atoms with Gasteiger partial charge in [-0.1, -0.05) is 71.7 Å². The molecule has 0 saturated carbocycles. The number of likely N-dealkylation sites (N-methyl/N-ethyl adjacent to an activating group) is 1. The predicted molar refractivity (Wildman–Crippen MR) is 167 cm³/mol. The minimum Gasteiger partial charge on any atom is -0.350 e. The number of hydrogen-bond donors (Lipinski definition) is 2. The number of carbonyl (C=O) groups is 1. The number of benzene rings is 3. The highest BCUT2D eigenvalue weighted by Crippen LogP contribution is 2.39. The van der Waals surface area contributed by atoms with Gasteiger partial charge < -0.3 is 19.8 Å². The van der Waals surface area contributed by atoms with E-state index in [1.54, 1.807) is 0 Å². The lowest BCUT2D eigenvalue weighted by molar-refractivity contribution is 0.0937. The number of halogens is 2. The molecule has 1 aliphatic heterocycles. The molecule has 2 N–H and O–H groups in total. The summed E-state index contributed by atoms with van der Waals surface area (Å²) in [5, 5.41) is 5.37. The van der Waals surface area contributed by atoms with Gasteiger partial charge in [0.1, 0.15) is 5.69 Å². The van der Waals surface area contributed by atoms with Crippen LogP contribution >= 0.6 is 23.2 Å². The first-order valence-corrected chi connectivity index (χ1v) is 14.6. The van der Waals surface area contributed by atoms with Crippen molar-refractivity contribution in [2.75, 3.05) is 46.3 Å². The zero-order valence-electron chi connectivity index (χ0n) is 22.9. The van der Waals surface area contributed by atoms with Gasteiger partial charge in [-0.2, -0.15) is 0 Å². The minimum atomic E-state index is -0.153. The zero-order chi connectivity index (χ0) is 28.3. The highest BCUT2D eigenvalue weighted by Gasteiger charge is 2.26. The fraction of sp³-hybridized carbons (Fsp3) is 0.250. The molecular formula is C32H32Cl2N6O. The van der Waals surface area contributed by atoms with E-state index in [9.17, 15) is 4.79 Å². The summed E-state index contributed by atoms with van der Waals surface area (Å²) in [7, 11) is 2.14. The van der Waals surface area contributed by atoms with E-state index in [1.165, 1.54) is 0 Å². The molecule has 0 radical (unpaired) electrons. The second kappa shape index (κ2) is 12.1. The van der Waals surface area contributed by atoms with Crippen molar-refractivity contribution < 1.29 is 4.79 Å². The van der Waals surface area contributed by atoms with Crippen LogP contribution in [0.3, 0.4) is 0 Å². The third-order valence-corrected chi connectivity index (χ3v) is 8.17. The standard InChI is InChI=1S/C32H32Cl2N6O/c1-38-15-17-39(18-16-38)14-13-35-32(41)30-28(26-12-11-25(34)19-27(26)37-30)31-29(23-5-3-2-4-6-23)36-21-40(31)20-22-7-9-24(33)10-8-22/h2-12,19,21,37H,13-18,20H2,1H3,(H,35,41). The number of fused-ring (bicyclic) bond motifs is 1. The van der Waals surface area contributed by atoms with Crippen molar-refractivity contribution in [2.45, 2.75) is 6.54 Å². The molecule has 0 spiro atoms. The minimum absolute atomic E-state index is 0.153. The summed E-state index contributed by atoms with van der Waals surface area (Å²) in [6, 6.07) is 23.6. The van der Waals surface area contributed by atoms with Crippen molar-refractivity contribution in [3.63, 3.8) is 0 Å². The first-order chi connectivity index (χ1) is 20.0. The quantitative estimate of drug-likeness (QED) is 0.233. The van der Waals surface area contributed by atoms with Gasteiger partial charge >= 0.3 is 0 Å². The van der Waals surface area contributed by atoms with E-state index >= 15 is 0 Å². The molecule has 0 atom stereocenters. The van der Waals surface area contributed by atoms with E-state index in [0.29, 0.717) is 28.8 Å². The smallest absolute Gasteiger partial charge is 0.268 e. The number of carbonyl (C=O) groups excluding carboxylic acids is 1. The lowest BCUT2D eigenvalue weighted by atomic mass is 10.0. The van der Waals surface area contributed by atoms with Gasteiger partial charge in [0.15, 0.2) is 0 Å². The van der Waals surface area contributed by atoms with Crippen molar-refractivity contribution in [1.29, 1.82) is 0 Å². The molecule has 3 aromatic carbocycles. The maximum atomic E-state index is 13.8. The maximum Gasteiger partial charge on any atom is 0.268 e. The molecule has 2 aromatic heterocycles. The molecule has 1 aliphatic rings. The Morgan fingerprint density at radius 1 is 0.951 bits per heavy atom. The number of rotatable bonds is 8. The molecule has 210 valence electrons. The van der Waals surface area contributed by atoms with E-state index in [0.717, 1.165) is 71.7 Å². The van der Waals surface area contributed by atoms with E-state index < -0.39 is 0 Å². The maximum absolute atomic E-state index is 13.8. The number of nitrogens with zero attached hydrogens (tertiary/aromatic N) is 4. The van der Waals surface area contributed by atoms with Gasteiger partial charge in [0.25, 0.3) is 5.91 Å². The Kier molecular flexibility index (Phi) is 8.12. The summed E-state index contributed by atoms with van der Waals surface area (Å²) in [6.07, 6.45) is 1.84. The van der Waals surface area contributed by atoms with Gasteiger partial charge in [0.05, 0.1) is 17.7 Å². The van der Waals surface area contributed by atoms with Crippen LogP contribution in [0.25, 0.3) is 33.4 Å². The second-order valence-corrected chi connectivity index (χ2v) is 11.4. The van der Waals surface area contributed by atoms with Crippen molar-refractivity contribution in [3.8, 4) is 22.5 Å². The SMILES string of the molecule is CN1CCN(CCNC(=O)c2[nH]c3cc(Cl)ccc3c2-c2c(-c3ccccc3)ncn2Cc2ccc(Cl)cc2)CC1. The van der Waals surface area contributed by atoms with E-state index in [-0.39, 0.29) is 5.91 Å². The summed E-state index contributed by atoms with van der Waals surface area (Å²) in [4.78, 5) is 26.8. The van der Waals surface area contributed by atoms with Crippen LogP contribution in [0, 0.1) is 0 Å². The molecular weight excluding hydrogens is 555 g/mol. The Hall–Kier alpha value is -3.62. The first kappa shape index (κ1) is 27.5. The van der Waals surface area contributed by atoms with E-state index in [4.69, 9.17) is 28.2 Å². The Morgan fingerprint density at radius 2 is 1.68 bits per heavy atom. The second-order valence-electron chi connectivity index (χ2n) is 10.5. The van der Waals surface area contributed by atoms with Crippen LogP contribution in [0.5, 0.6) is 0 Å². The fourth-order valence-electron chi connectivity index (χ4n) is 5.43. The topological polar surface area (TPSA) is 69.2 Å². The summed E-state index contributed by atoms with van der Waals surface area (Å²) in [5.74, 6) is -0.153. The monoisotopic (exact) mass is 586 g/mol. The van der Waals surface area contributed by atoms with Crippen molar-refractivity contribution in [3.05, 3.63) is 100 Å². The van der Waals surface area contributed by atoms with Gasteiger partial charge in [-0.25, -0.2) is 4.98 Å². The van der Waals surface area contributed by atoms with Crippen LogP contribution in [-0.4, -0.2) is 76.6 Å². The Labute approximate surface area is 249 Å². The predicted octanol–water partition coefficient (Wildman–Crippen LogP) is 6.03. The van der Waals surface area contributed by atoms with Gasteiger partial charge in [0.2, 0.25) is 0 Å². The van der Waals surface area contributed by atoms with Gasteiger partial charge in [-0.3, -0.25) is 9.69 Å². The largest absolute Gasteiger partial charge is 0.350 e. The van der Waals surface area contributed by atoms with Crippen molar-refractivity contribution in [1.82, 2.24) is 29.7 Å². The highest BCUT2D eigenvalue weighted by atomic mass is 35.5. The van der Waals surface area contributed by atoms with Gasteiger partial charge in [-0.15, -0.1) is 0 Å². The number of piperazine rings is 1. The third kappa shape index (κ3) is 6.04. The third-order valence-electron chi connectivity index (χ3n) is 7.69. The molecule has 6 rings (SSSR count). The lowest BCUT2D eigenvalue weighted by Gasteiger charge is -2.32. The highest BCUT2D eigenvalue weighted by molar-refractivity contribution is 6.31. The van der Waals surface area contributed by atoms with E-state index in [1.807, 2.05) is 79.1 Å². The molecule has 0 bridgehead atoms. The molecule has 7 nitrogen and oxygen atoms in total. The molecule has 3 heterocycles. The van der Waals surface area contributed by atoms with Crippen molar-refractivity contribution in [2.24, 2.45) is 0 Å². The average Bonchev–Trinajstić information content (AvgIpc) is 3.56. The first-order valence-electron chi connectivity index (χ1n) is 13.8. The molecule has 0 aliphatic carbocycles. The molecule has 41 heavy (non-hydrogen) atoms. The number of imidazole rings is 1. The molecule has 1 saturated heterocycles. The van der Waals surface area contributed by atoms with Crippen LogP contribution in [0.15, 0.2) is 79.1 Å². The number of aromatic amines is 1. The summed E-state index contributed by atoms with van der Waals surface area (Å²) < 4.78 is 2.10.